The fraction of sp³-hybridized carbons (Fsp3) is 0.214. The predicted molar refractivity (Wildman–Crippen MR) is 201 cm³/mol. The van der Waals surface area contributed by atoms with Crippen LogP contribution in [0.1, 0.15) is 34.3 Å². The quantitative estimate of drug-likeness (QED) is 0.117. The van der Waals surface area contributed by atoms with Gasteiger partial charge in [0, 0.05) is 17.0 Å². The van der Waals surface area contributed by atoms with E-state index >= 15 is 4.79 Å². The molecule has 4 N–H and O–H groups in total. The average Bonchev–Trinajstić information content (AvgIpc) is 3.56. The number of methoxy groups -OCH3 is 1. The van der Waals surface area contributed by atoms with E-state index < -0.39 is 81.7 Å². The van der Waals surface area contributed by atoms with Crippen LogP contribution in [0.15, 0.2) is 103 Å². The third-order valence-corrected chi connectivity index (χ3v) is 11.7. The topological polar surface area (TPSA) is 174 Å². The number of carbonyl (C=O) groups excluding carboxylic acids is 4. The second kappa shape index (κ2) is 13.7. The van der Waals surface area contributed by atoms with E-state index in [1.54, 1.807) is 48.6 Å². The zero-order valence-corrected chi connectivity index (χ0v) is 30.3. The molecule has 2 saturated heterocycles. The van der Waals surface area contributed by atoms with Gasteiger partial charge in [0.15, 0.2) is 11.5 Å². The molecule has 4 aliphatic rings. The highest BCUT2D eigenvalue weighted by Gasteiger charge is 2.69. The summed E-state index contributed by atoms with van der Waals surface area (Å²) in [5, 5.41) is 31.5. The Labute approximate surface area is 324 Å². The summed E-state index contributed by atoms with van der Waals surface area (Å²) < 4.78 is 19.2. The van der Waals surface area contributed by atoms with E-state index in [0.717, 1.165) is 22.0 Å². The van der Waals surface area contributed by atoms with Gasteiger partial charge in [-0.1, -0.05) is 53.6 Å². The highest BCUT2D eigenvalue weighted by atomic mass is 35.5. The van der Waals surface area contributed by atoms with Gasteiger partial charge in [-0.3, -0.25) is 24.6 Å². The number of hydrazine groups is 1. The van der Waals surface area contributed by atoms with Crippen molar-refractivity contribution in [3.8, 4) is 17.2 Å². The molecule has 2 heterocycles. The van der Waals surface area contributed by atoms with Crippen LogP contribution >= 0.6 is 11.6 Å². The third kappa shape index (κ3) is 5.60. The maximum atomic E-state index is 15.2. The monoisotopic (exact) mass is 777 g/mol. The standard InChI is InChI=1S/C42H33ClFN3O9/c1-56-35-18-21(3-17-33(35)48)2-16-31-27-14-15-29-36(39(52)46(37(29)50)26-12-13-28(40(53)54)34(49)19-26)30(27)20-32-38(51)47(45-25-10-8-24(44)9-11-25)41(55)42(31,32)22-4-6-23(43)7-5-22/h2-14,16-19,29-32,36,45,48-49H,15,20H2,1H3,(H,53,54). The summed E-state index contributed by atoms with van der Waals surface area (Å²) in [5.74, 6) is -9.16. The SMILES string of the molecule is COc1cc(C=CC2C3=CCC4C(=O)N(c5ccc(C(=O)O)c(O)c5)C(=O)C4C3CC3C(=O)N(Nc4ccc(F)cc4)C(=O)C23c2ccc(Cl)cc2)ccc1O. The molecule has 284 valence electrons. The first-order valence-electron chi connectivity index (χ1n) is 17.7. The molecule has 8 rings (SSSR count). The summed E-state index contributed by atoms with van der Waals surface area (Å²) in [7, 11) is 1.41. The number of aromatic carboxylic acids is 1. The van der Waals surface area contributed by atoms with Gasteiger partial charge >= 0.3 is 5.97 Å². The second-order valence-electron chi connectivity index (χ2n) is 14.2. The molecule has 6 unspecified atom stereocenters. The molecule has 56 heavy (non-hydrogen) atoms. The minimum atomic E-state index is -1.59. The summed E-state index contributed by atoms with van der Waals surface area (Å²) in [5.41, 5.74) is 2.93. The second-order valence-corrected chi connectivity index (χ2v) is 14.7. The number of amides is 4. The van der Waals surface area contributed by atoms with E-state index in [-0.39, 0.29) is 35.7 Å². The number of anilines is 2. The van der Waals surface area contributed by atoms with Crippen LogP contribution < -0.4 is 15.1 Å². The van der Waals surface area contributed by atoms with Crippen molar-refractivity contribution in [2.75, 3.05) is 17.4 Å². The number of carboxylic acids is 1. The largest absolute Gasteiger partial charge is 0.507 e. The molecule has 4 aromatic rings. The minimum Gasteiger partial charge on any atom is -0.507 e. The molecule has 0 aromatic heterocycles. The summed E-state index contributed by atoms with van der Waals surface area (Å²) >= 11 is 6.34. The van der Waals surface area contributed by atoms with E-state index in [0.29, 0.717) is 21.7 Å². The fourth-order valence-electron chi connectivity index (χ4n) is 9.00. The number of halogens is 2. The van der Waals surface area contributed by atoms with Crippen molar-refractivity contribution in [1.82, 2.24) is 5.01 Å². The number of carbonyl (C=O) groups is 5. The van der Waals surface area contributed by atoms with E-state index in [2.05, 4.69) is 5.43 Å². The lowest BCUT2D eigenvalue weighted by Gasteiger charge is -2.49. The van der Waals surface area contributed by atoms with E-state index in [4.69, 9.17) is 16.3 Å². The molecular weight excluding hydrogens is 745 g/mol. The average molecular weight is 778 g/mol. The number of ether oxygens (including phenoxy) is 1. The molecule has 3 fully saturated rings. The lowest BCUT2D eigenvalue weighted by atomic mass is 9.50. The molecule has 4 amide bonds. The Bertz CT molecular complexity index is 2400. The maximum absolute atomic E-state index is 15.2. The Morgan fingerprint density at radius 3 is 2.32 bits per heavy atom. The zero-order chi connectivity index (χ0) is 39.6. The molecule has 4 aromatic carbocycles. The van der Waals surface area contributed by atoms with Gasteiger partial charge in [0.1, 0.15) is 17.1 Å². The third-order valence-electron chi connectivity index (χ3n) is 11.5. The number of allylic oxidation sites excluding steroid dienone is 3. The Kier molecular flexibility index (Phi) is 8.92. The molecule has 2 aliphatic carbocycles. The number of nitrogens with zero attached hydrogens (tertiary/aromatic N) is 2. The van der Waals surface area contributed by atoms with E-state index in [1.165, 1.54) is 43.5 Å². The number of hydrogen-bond acceptors (Lipinski definition) is 9. The minimum absolute atomic E-state index is 0.00397. The van der Waals surface area contributed by atoms with Crippen LogP contribution in [0, 0.1) is 35.4 Å². The molecular formula is C42H33ClFN3O9. The van der Waals surface area contributed by atoms with Gasteiger partial charge in [-0.25, -0.2) is 14.1 Å². The van der Waals surface area contributed by atoms with E-state index in [1.807, 2.05) is 6.08 Å². The van der Waals surface area contributed by atoms with E-state index in [9.17, 15) is 38.9 Å². The number of benzene rings is 4. The van der Waals surface area contributed by atoms with Crippen molar-refractivity contribution in [2.45, 2.75) is 18.3 Å². The van der Waals surface area contributed by atoms with Gasteiger partial charge in [-0.05, 0) is 90.6 Å². The zero-order valence-electron chi connectivity index (χ0n) is 29.6. The summed E-state index contributed by atoms with van der Waals surface area (Å²) in [6.45, 7) is 0. The van der Waals surface area contributed by atoms with Gasteiger partial charge in [0.05, 0.1) is 41.7 Å². The molecule has 14 heteroatoms. The van der Waals surface area contributed by atoms with Gasteiger partial charge in [0.25, 0.3) is 11.8 Å². The number of fused-ring (bicyclic) bond motifs is 4. The number of phenolic OH excluding ortho intramolecular Hbond substituents is 1. The van der Waals surface area contributed by atoms with Gasteiger partial charge < -0.3 is 20.1 Å². The number of phenols is 2. The van der Waals surface area contributed by atoms with Crippen molar-refractivity contribution in [2.24, 2.45) is 29.6 Å². The first kappa shape index (κ1) is 36.5. The summed E-state index contributed by atoms with van der Waals surface area (Å²) in [4.78, 5) is 71.0. The molecule has 0 spiro atoms. The van der Waals surface area contributed by atoms with Crippen molar-refractivity contribution in [3.05, 3.63) is 130 Å². The van der Waals surface area contributed by atoms with Crippen LogP contribution in [0.25, 0.3) is 6.08 Å². The van der Waals surface area contributed by atoms with Crippen molar-refractivity contribution in [1.29, 1.82) is 0 Å². The lowest BCUT2D eigenvalue weighted by Crippen LogP contribution is -2.54. The van der Waals surface area contributed by atoms with Crippen LogP contribution in [0.2, 0.25) is 5.02 Å². The smallest absolute Gasteiger partial charge is 0.339 e. The molecule has 1 saturated carbocycles. The Hall–Kier alpha value is -6.47. The van der Waals surface area contributed by atoms with Crippen molar-refractivity contribution >= 4 is 58.6 Å². The number of hydrogen-bond donors (Lipinski definition) is 4. The molecule has 6 atom stereocenters. The summed E-state index contributed by atoms with van der Waals surface area (Å²) in [6.07, 6.45) is 5.51. The number of imide groups is 2. The number of aromatic hydroxyl groups is 2. The number of nitrogens with one attached hydrogen (secondary N) is 1. The summed E-state index contributed by atoms with van der Waals surface area (Å²) in [6, 6.07) is 20.0. The fourth-order valence-corrected chi connectivity index (χ4v) is 9.13. The van der Waals surface area contributed by atoms with Crippen LogP contribution in [-0.2, 0) is 24.6 Å². The highest BCUT2D eigenvalue weighted by molar-refractivity contribution is 6.30. The first-order chi connectivity index (χ1) is 26.8. The van der Waals surface area contributed by atoms with Crippen LogP contribution in [0.3, 0.4) is 0 Å². The van der Waals surface area contributed by atoms with Crippen molar-refractivity contribution < 1.29 is 48.4 Å². The number of carboxylic acid groups (broad SMARTS) is 1. The van der Waals surface area contributed by atoms with Crippen LogP contribution in [-0.4, -0.2) is 57.0 Å². The van der Waals surface area contributed by atoms with Gasteiger partial charge in [-0.2, -0.15) is 5.01 Å². The van der Waals surface area contributed by atoms with Crippen LogP contribution in [0.4, 0.5) is 15.8 Å². The lowest BCUT2D eigenvalue weighted by molar-refractivity contribution is -0.139. The molecule has 2 aliphatic heterocycles. The van der Waals surface area contributed by atoms with Gasteiger partial charge in [0.2, 0.25) is 11.8 Å². The maximum Gasteiger partial charge on any atom is 0.339 e. The number of rotatable bonds is 8. The Balaban J connectivity index is 1.28. The molecule has 0 bridgehead atoms. The molecule has 0 radical (unpaired) electrons. The van der Waals surface area contributed by atoms with Gasteiger partial charge in [-0.15, -0.1) is 0 Å². The van der Waals surface area contributed by atoms with Crippen LogP contribution in [0.5, 0.6) is 17.2 Å². The predicted octanol–water partition coefficient (Wildman–Crippen LogP) is 6.33. The highest BCUT2D eigenvalue weighted by Crippen LogP contribution is 2.62. The normalized spacial score (nSPS) is 25.6. The Morgan fingerprint density at radius 2 is 1.64 bits per heavy atom. The Morgan fingerprint density at radius 1 is 0.911 bits per heavy atom. The molecule has 12 nitrogen and oxygen atoms in total. The first-order valence-corrected chi connectivity index (χ1v) is 18.1. The van der Waals surface area contributed by atoms with Crippen molar-refractivity contribution in [3.63, 3.8) is 0 Å².